The maximum absolute atomic E-state index is 12.2. The first-order valence-electron chi connectivity index (χ1n) is 8.16. The Morgan fingerprint density at radius 2 is 1.59 bits per heavy atom. The van der Waals surface area contributed by atoms with Crippen LogP contribution in [0.5, 0.6) is 5.75 Å². The average Bonchev–Trinajstić information content (AvgIpc) is 3.04. The molecule has 0 saturated carbocycles. The third-order valence-corrected chi connectivity index (χ3v) is 4.35. The fourth-order valence-corrected chi connectivity index (χ4v) is 2.93. The van der Waals surface area contributed by atoms with Gasteiger partial charge in [-0.2, -0.15) is 0 Å². The molecule has 0 fully saturated rings. The molecule has 3 aromatic rings. The number of alkyl halides is 3. The van der Waals surface area contributed by atoms with Gasteiger partial charge in [-0.05, 0) is 49.0 Å². The number of rotatable bonds is 6. The highest BCUT2D eigenvalue weighted by molar-refractivity contribution is 9.10. The van der Waals surface area contributed by atoms with E-state index in [1.54, 1.807) is 12.1 Å². The van der Waals surface area contributed by atoms with Gasteiger partial charge in [0.05, 0.1) is 6.54 Å². The van der Waals surface area contributed by atoms with Crippen molar-refractivity contribution in [3.63, 3.8) is 0 Å². The van der Waals surface area contributed by atoms with Gasteiger partial charge in [-0.25, -0.2) is 0 Å². The third-order valence-electron chi connectivity index (χ3n) is 3.83. The number of ether oxygens (including phenoxy) is 1. The second kappa shape index (κ2) is 8.19. The van der Waals surface area contributed by atoms with Crippen LogP contribution in [0.25, 0.3) is 11.3 Å². The van der Waals surface area contributed by atoms with E-state index in [-0.39, 0.29) is 5.75 Å². The second-order valence-electron chi connectivity index (χ2n) is 6.14. The Balaban J connectivity index is 1.58. The van der Waals surface area contributed by atoms with Crippen molar-refractivity contribution in [1.29, 1.82) is 0 Å². The van der Waals surface area contributed by atoms with Gasteiger partial charge in [0.15, 0.2) is 0 Å². The van der Waals surface area contributed by atoms with Crippen molar-refractivity contribution < 1.29 is 22.3 Å². The molecule has 0 unspecified atom stereocenters. The summed E-state index contributed by atoms with van der Waals surface area (Å²) in [5, 5.41) is 0. The monoisotopic (exact) mass is 439 g/mol. The van der Waals surface area contributed by atoms with E-state index in [1.165, 1.54) is 12.1 Å². The molecule has 0 aliphatic heterocycles. The van der Waals surface area contributed by atoms with Gasteiger partial charge >= 0.3 is 6.36 Å². The first-order valence-corrected chi connectivity index (χ1v) is 8.96. The second-order valence-corrected chi connectivity index (χ2v) is 7.05. The summed E-state index contributed by atoms with van der Waals surface area (Å²) >= 11 is 3.41. The zero-order chi connectivity index (χ0) is 19.4. The van der Waals surface area contributed by atoms with Gasteiger partial charge < -0.3 is 9.15 Å². The molecule has 7 heteroatoms. The summed E-state index contributed by atoms with van der Waals surface area (Å²) < 4.78 is 47.4. The number of benzene rings is 2. The minimum Gasteiger partial charge on any atom is -0.460 e. The molecule has 3 nitrogen and oxygen atoms in total. The number of hydrogen-bond donors (Lipinski definition) is 0. The van der Waals surface area contributed by atoms with Crippen molar-refractivity contribution in [2.75, 3.05) is 7.05 Å². The van der Waals surface area contributed by atoms with Crippen LogP contribution >= 0.6 is 15.9 Å². The van der Waals surface area contributed by atoms with Gasteiger partial charge in [0.25, 0.3) is 0 Å². The number of nitrogens with zero attached hydrogens (tertiary/aromatic N) is 1. The number of hydrogen-bond acceptors (Lipinski definition) is 3. The predicted octanol–water partition coefficient (Wildman–Crippen LogP) is 6.24. The lowest BCUT2D eigenvalue weighted by Gasteiger charge is -2.16. The van der Waals surface area contributed by atoms with Crippen LogP contribution in [0.2, 0.25) is 0 Å². The SMILES string of the molecule is CN(Cc1ccc(OC(F)(F)F)cc1)Cc1ccc(-c2ccc(Br)cc2)o1. The highest BCUT2D eigenvalue weighted by Crippen LogP contribution is 2.25. The van der Waals surface area contributed by atoms with Crippen molar-refractivity contribution in [2.24, 2.45) is 0 Å². The Hall–Kier alpha value is -2.25. The standard InChI is InChI=1S/C20H17BrF3NO2/c1-25(12-14-2-8-17(9-3-14)27-20(22,23)24)13-18-10-11-19(26-18)15-4-6-16(21)7-5-15/h2-11H,12-13H2,1H3. The number of halogens is 4. The lowest BCUT2D eigenvalue weighted by atomic mass is 10.2. The molecule has 0 amide bonds. The zero-order valence-corrected chi connectivity index (χ0v) is 16.0. The van der Waals surface area contributed by atoms with E-state index < -0.39 is 6.36 Å². The van der Waals surface area contributed by atoms with Gasteiger partial charge in [-0.1, -0.05) is 40.2 Å². The summed E-state index contributed by atoms with van der Waals surface area (Å²) in [5.74, 6) is 1.38. The molecule has 0 saturated heterocycles. The molecule has 0 spiro atoms. The van der Waals surface area contributed by atoms with Crippen molar-refractivity contribution in [3.8, 4) is 17.1 Å². The quantitative estimate of drug-likeness (QED) is 0.454. The molecule has 1 heterocycles. The Kier molecular flexibility index (Phi) is 5.92. The first kappa shape index (κ1) is 19.5. The molecule has 0 aliphatic rings. The molecule has 27 heavy (non-hydrogen) atoms. The maximum atomic E-state index is 12.2. The van der Waals surface area contributed by atoms with Crippen LogP contribution in [0, 0.1) is 0 Å². The molecule has 0 radical (unpaired) electrons. The topological polar surface area (TPSA) is 25.6 Å². The highest BCUT2D eigenvalue weighted by Gasteiger charge is 2.30. The zero-order valence-electron chi connectivity index (χ0n) is 14.5. The summed E-state index contributed by atoms with van der Waals surface area (Å²) in [6, 6.07) is 17.6. The van der Waals surface area contributed by atoms with Crippen LogP contribution in [0.4, 0.5) is 13.2 Å². The van der Waals surface area contributed by atoms with E-state index in [4.69, 9.17) is 4.42 Å². The van der Waals surface area contributed by atoms with E-state index in [0.717, 1.165) is 27.1 Å². The fraction of sp³-hybridized carbons (Fsp3) is 0.200. The van der Waals surface area contributed by atoms with Crippen LogP contribution < -0.4 is 4.74 Å². The number of furan rings is 1. The summed E-state index contributed by atoms with van der Waals surface area (Å²) in [4.78, 5) is 2.02. The third kappa shape index (κ3) is 5.87. The Labute approximate surface area is 163 Å². The molecule has 0 aliphatic carbocycles. The molecule has 2 aromatic carbocycles. The summed E-state index contributed by atoms with van der Waals surface area (Å²) in [6.45, 7) is 1.15. The van der Waals surface area contributed by atoms with Crippen LogP contribution in [-0.4, -0.2) is 18.3 Å². The van der Waals surface area contributed by atoms with Crippen LogP contribution in [-0.2, 0) is 13.1 Å². The largest absolute Gasteiger partial charge is 0.573 e. The molecule has 3 rings (SSSR count). The van der Waals surface area contributed by atoms with E-state index >= 15 is 0 Å². The molecule has 0 bridgehead atoms. The van der Waals surface area contributed by atoms with Crippen molar-refractivity contribution in [1.82, 2.24) is 4.90 Å². The summed E-state index contributed by atoms with van der Waals surface area (Å²) in [6.07, 6.45) is -4.68. The molecule has 1 aromatic heterocycles. The lowest BCUT2D eigenvalue weighted by Crippen LogP contribution is -2.18. The van der Waals surface area contributed by atoms with Crippen molar-refractivity contribution in [3.05, 3.63) is 76.5 Å². The molecular formula is C20H17BrF3NO2. The smallest absolute Gasteiger partial charge is 0.460 e. The molecule has 0 N–H and O–H groups in total. The molecule has 0 atom stereocenters. The molecular weight excluding hydrogens is 423 g/mol. The maximum Gasteiger partial charge on any atom is 0.573 e. The summed E-state index contributed by atoms with van der Waals surface area (Å²) in [5.41, 5.74) is 1.87. The molecule has 142 valence electrons. The minimum atomic E-state index is -4.68. The van der Waals surface area contributed by atoms with E-state index in [1.807, 2.05) is 48.3 Å². The highest BCUT2D eigenvalue weighted by atomic mass is 79.9. The fourth-order valence-electron chi connectivity index (χ4n) is 2.66. The van der Waals surface area contributed by atoms with Crippen LogP contribution in [0.1, 0.15) is 11.3 Å². The van der Waals surface area contributed by atoms with Gasteiger partial charge in [0.1, 0.15) is 17.3 Å². The van der Waals surface area contributed by atoms with Crippen LogP contribution in [0.3, 0.4) is 0 Å². The average molecular weight is 440 g/mol. The van der Waals surface area contributed by atoms with E-state index in [9.17, 15) is 13.2 Å². The van der Waals surface area contributed by atoms with E-state index in [2.05, 4.69) is 20.7 Å². The normalized spacial score (nSPS) is 11.8. The lowest BCUT2D eigenvalue weighted by molar-refractivity contribution is -0.274. The first-order chi connectivity index (χ1) is 12.8. The summed E-state index contributed by atoms with van der Waals surface area (Å²) in [7, 11) is 1.92. The van der Waals surface area contributed by atoms with Gasteiger partial charge in [0.2, 0.25) is 0 Å². The van der Waals surface area contributed by atoms with Gasteiger partial charge in [-0.3, -0.25) is 4.90 Å². The van der Waals surface area contributed by atoms with Gasteiger partial charge in [-0.15, -0.1) is 13.2 Å². The predicted molar refractivity (Wildman–Crippen MR) is 100 cm³/mol. The minimum absolute atomic E-state index is 0.223. The Bertz CT molecular complexity index is 873. The van der Waals surface area contributed by atoms with Crippen LogP contribution in [0.15, 0.2) is 69.6 Å². The van der Waals surface area contributed by atoms with Gasteiger partial charge in [0, 0.05) is 16.6 Å². The van der Waals surface area contributed by atoms with Crippen molar-refractivity contribution >= 4 is 15.9 Å². The van der Waals surface area contributed by atoms with E-state index in [0.29, 0.717) is 13.1 Å². The van der Waals surface area contributed by atoms with Crippen molar-refractivity contribution in [2.45, 2.75) is 19.5 Å². The Morgan fingerprint density at radius 3 is 2.22 bits per heavy atom. The Morgan fingerprint density at radius 1 is 0.926 bits per heavy atom.